The standard InChI is InChI=1S/C26H27ClN2O4S/c1-15(2)14-29-24(22-10-7-11-34-22)23(16-8-5-6-9-17(16)26(29)31)25(30)28-19-12-18(27)20(32-3)13-21(19)33-4/h5-13,15,23-24H,14H2,1-4H3,(H,28,30). The number of rotatable bonds is 7. The van der Waals surface area contributed by atoms with Gasteiger partial charge >= 0.3 is 0 Å². The highest BCUT2D eigenvalue weighted by molar-refractivity contribution is 7.10. The van der Waals surface area contributed by atoms with Gasteiger partial charge in [0.15, 0.2) is 0 Å². The van der Waals surface area contributed by atoms with E-state index in [1.807, 2.05) is 40.6 Å². The molecule has 2 heterocycles. The van der Waals surface area contributed by atoms with Gasteiger partial charge in [0.2, 0.25) is 5.91 Å². The Kier molecular flexibility index (Phi) is 7.14. The van der Waals surface area contributed by atoms with E-state index in [0.717, 1.165) is 4.88 Å². The number of amides is 2. The zero-order chi connectivity index (χ0) is 24.4. The number of benzene rings is 2. The Morgan fingerprint density at radius 1 is 1.12 bits per heavy atom. The summed E-state index contributed by atoms with van der Waals surface area (Å²) >= 11 is 7.88. The molecule has 2 aromatic carbocycles. The Balaban J connectivity index is 1.82. The van der Waals surface area contributed by atoms with Crippen LogP contribution in [-0.2, 0) is 4.79 Å². The summed E-state index contributed by atoms with van der Waals surface area (Å²) in [5.74, 6) is 0.201. The van der Waals surface area contributed by atoms with E-state index in [-0.39, 0.29) is 17.7 Å². The molecule has 0 bridgehead atoms. The molecule has 2 amide bonds. The number of fused-ring (bicyclic) bond motifs is 1. The molecule has 6 nitrogen and oxygen atoms in total. The molecule has 178 valence electrons. The molecule has 1 aromatic heterocycles. The van der Waals surface area contributed by atoms with Crippen molar-refractivity contribution in [2.45, 2.75) is 25.8 Å². The predicted molar refractivity (Wildman–Crippen MR) is 135 cm³/mol. The Bertz CT molecular complexity index is 1200. The number of nitrogens with zero attached hydrogens (tertiary/aromatic N) is 1. The maximum Gasteiger partial charge on any atom is 0.254 e. The van der Waals surface area contributed by atoms with Crippen LogP contribution in [0.3, 0.4) is 0 Å². The Morgan fingerprint density at radius 3 is 2.50 bits per heavy atom. The SMILES string of the molecule is COc1cc(OC)c(NC(=O)C2c3ccccc3C(=O)N(CC(C)C)C2c2cccs2)cc1Cl. The highest BCUT2D eigenvalue weighted by Gasteiger charge is 2.44. The van der Waals surface area contributed by atoms with E-state index in [9.17, 15) is 9.59 Å². The number of methoxy groups -OCH3 is 2. The van der Waals surface area contributed by atoms with Gasteiger partial charge in [-0.1, -0.05) is 49.7 Å². The van der Waals surface area contributed by atoms with E-state index in [4.69, 9.17) is 21.1 Å². The Labute approximate surface area is 208 Å². The van der Waals surface area contributed by atoms with Crippen LogP contribution in [0, 0.1) is 5.92 Å². The highest BCUT2D eigenvalue weighted by atomic mass is 35.5. The lowest BCUT2D eigenvalue weighted by atomic mass is 9.81. The number of carbonyl (C=O) groups is 2. The number of nitrogens with one attached hydrogen (secondary N) is 1. The van der Waals surface area contributed by atoms with E-state index in [2.05, 4.69) is 19.2 Å². The number of halogens is 1. The highest BCUT2D eigenvalue weighted by Crippen LogP contribution is 2.45. The van der Waals surface area contributed by atoms with Gasteiger partial charge in [0, 0.05) is 23.1 Å². The normalized spacial score (nSPS) is 17.5. The summed E-state index contributed by atoms with van der Waals surface area (Å²) in [6.07, 6.45) is 0. The smallest absolute Gasteiger partial charge is 0.254 e. The molecule has 8 heteroatoms. The van der Waals surface area contributed by atoms with Crippen LogP contribution in [-0.4, -0.2) is 37.5 Å². The molecule has 1 aliphatic rings. The van der Waals surface area contributed by atoms with E-state index in [0.29, 0.717) is 39.9 Å². The molecule has 3 aromatic rings. The van der Waals surface area contributed by atoms with Crippen molar-refractivity contribution in [3.8, 4) is 11.5 Å². The average Bonchev–Trinajstić information content (AvgIpc) is 3.35. The lowest BCUT2D eigenvalue weighted by Gasteiger charge is -2.42. The van der Waals surface area contributed by atoms with Gasteiger partial charge < -0.3 is 19.7 Å². The first-order valence-corrected chi connectivity index (χ1v) is 12.3. The van der Waals surface area contributed by atoms with Crippen molar-refractivity contribution in [2.75, 3.05) is 26.1 Å². The predicted octanol–water partition coefficient (Wildman–Crippen LogP) is 5.99. The molecule has 34 heavy (non-hydrogen) atoms. The molecule has 0 radical (unpaired) electrons. The van der Waals surface area contributed by atoms with Crippen molar-refractivity contribution in [1.29, 1.82) is 0 Å². The van der Waals surface area contributed by atoms with E-state index < -0.39 is 12.0 Å². The van der Waals surface area contributed by atoms with Crippen molar-refractivity contribution < 1.29 is 19.1 Å². The molecule has 0 fully saturated rings. The van der Waals surface area contributed by atoms with Crippen molar-refractivity contribution in [3.63, 3.8) is 0 Å². The summed E-state index contributed by atoms with van der Waals surface area (Å²) in [6.45, 7) is 4.67. The van der Waals surface area contributed by atoms with Crippen LogP contribution in [0.2, 0.25) is 5.02 Å². The van der Waals surface area contributed by atoms with Gasteiger partial charge in [0.1, 0.15) is 11.5 Å². The first-order valence-electron chi connectivity index (χ1n) is 11.0. The summed E-state index contributed by atoms with van der Waals surface area (Å²) in [7, 11) is 3.04. The monoisotopic (exact) mass is 498 g/mol. The van der Waals surface area contributed by atoms with E-state index in [1.54, 1.807) is 29.5 Å². The number of carbonyl (C=O) groups excluding carboxylic acids is 2. The lowest BCUT2D eigenvalue weighted by molar-refractivity contribution is -0.119. The van der Waals surface area contributed by atoms with E-state index >= 15 is 0 Å². The largest absolute Gasteiger partial charge is 0.495 e. The fourth-order valence-electron chi connectivity index (χ4n) is 4.41. The van der Waals surface area contributed by atoms with Gasteiger partial charge in [-0.05, 0) is 35.1 Å². The number of hydrogen-bond donors (Lipinski definition) is 1. The van der Waals surface area contributed by atoms with Gasteiger partial charge in [-0.25, -0.2) is 0 Å². The van der Waals surface area contributed by atoms with Gasteiger partial charge in [-0.2, -0.15) is 0 Å². The van der Waals surface area contributed by atoms with E-state index in [1.165, 1.54) is 14.2 Å². The van der Waals surface area contributed by atoms with Crippen molar-refractivity contribution in [3.05, 3.63) is 74.9 Å². The molecule has 0 saturated carbocycles. The first kappa shape index (κ1) is 24.1. The quantitative estimate of drug-likeness (QED) is 0.434. The summed E-state index contributed by atoms with van der Waals surface area (Å²) in [5.41, 5.74) is 1.70. The van der Waals surface area contributed by atoms with Crippen molar-refractivity contribution >= 4 is 40.4 Å². The minimum atomic E-state index is -0.614. The van der Waals surface area contributed by atoms with Gasteiger partial charge in [-0.3, -0.25) is 9.59 Å². The molecular formula is C26H27ClN2O4S. The number of ether oxygens (including phenoxy) is 2. The van der Waals surface area contributed by atoms with Crippen molar-refractivity contribution in [2.24, 2.45) is 5.92 Å². The second-order valence-electron chi connectivity index (χ2n) is 8.55. The zero-order valence-corrected chi connectivity index (χ0v) is 21.1. The third-order valence-corrected chi connectivity index (χ3v) is 7.09. The second kappa shape index (κ2) is 10.1. The van der Waals surface area contributed by atoms with Crippen LogP contribution in [0.15, 0.2) is 53.9 Å². The lowest BCUT2D eigenvalue weighted by Crippen LogP contribution is -2.47. The first-order chi connectivity index (χ1) is 16.3. The second-order valence-corrected chi connectivity index (χ2v) is 9.94. The Hall–Kier alpha value is -3.03. The molecule has 0 aliphatic carbocycles. The minimum absolute atomic E-state index is 0.0585. The Morgan fingerprint density at radius 2 is 1.85 bits per heavy atom. The third kappa shape index (κ3) is 4.50. The molecule has 1 N–H and O–H groups in total. The molecule has 4 rings (SSSR count). The van der Waals surface area contributed by atoms with Crippen LogP contribution in [0.25, 0.3) is 0 Å². The maximum atomic E-state index is 13.9. The van der Waals surface area contributed by atoms with Crippen LogP contribution in [0.5, 0.6) is 11.5 Å². The summed E-state index contributed by atoms with van der Waals surface area (Å²) in [6, 6.07) is 14.1. The summed E-state index contributed by atoms with van der Waals surface area (Å²) in [5, 5.41) is 5.33. The van der Waals surface area contributed by atoms with Crippen LogP contribution in [0.1, 0.15) is 46.6 Å². The number of hydrogen-bond acceptors (Lipinski definition) is 5. The van der Waals surface area contributed by atoms with Crippen LogP contribution < -0.4 is 14.8 Å². The third-order valence-electron chi connectivity index (χ3n) is 5.85. The minimum Gasteiger partial charge on any atom is -0.495 e. The van der Waals surface area contributed by atoms with Gasteiger partial charge in [-0.15, -0.1) is 11.3 Å². The molecular weight excluding hydrogens is 472 g/mol. The molecule has 0 saturated heterocycles. The summed E-state index contributed by atoms with van der Waals surface area (Å²) < 4.78 is 10.7. The fourth-order valence-corrected chi connectivity index (χ4v) is 5.53. The van der Waals surface area contributed by atoms with Crippen molar-refractivity contribution in [1.82, 2.24) is 4.90 Å². The average molecular weight is 499 g/mol. The molecule has 2 unspecified atom stereocenters. The fraction of sp³-hybridized carbons (Fsp3) is 0.308. The van der Waals surface area contributed by atoms with Crippen LogP contribution >= 0.6 is 22.9 Å². The topological polar surface area (TPSA) is 67.9 Å². The molecule has 0 spiro atoms. The molecule has 2 atom stereocenters. The maximum absolute atomic E-state index is 13.9. The van der Waals surface area contributed by atoms with Gasteiger partial charge in [0.25, 0.3) is 5.91 Å². The summed E-state index contributed by atoms with van der Waals surface area (Å²) in [4.78, 5) is 30.3. The number of thiophene rings is 1. The number of anilines is 1. The van der Waals surface area contributed by atoms with Crippen LogP contribution in [0.4, 0.5) is 5.69 Å². The zero-order valence-electron chi connectivity index (χ0n) is 19.5. The van der Waals surface area contributed by atoms with Gasteiger partial charge in [0.05, 0.1) is 36.9 Å². The molecule has 1 aliphatic heterocycles.